The number of fused-ring (bicyclic) bond motifs is 1. The third-order valence-corrected chi connectivity index (χ3v) is 3.37. The van der Waals surface area contributed by atoms with Crippen LogP contribution >= 0.6 is 0 Å². The van der Waals surface area contributed by atoms with Crippen LogP contribution in [0.3, 0.4) is 0 Å². The number of alkyl halides is 2. The van der Waals surface area contributed by atoms with Crippen molar-refractivity contribution < 1.29 is 8.78 Å². The first-order valence-corrected chi connectivity index (χ1v) is 5.59. The van der Waals surface area contributed by atoms with Crippen molar-refractivity contribution in [3.05, 3.63) is 23.3 Å². The van der Waals surface area contributed by atoms with Gasteiger partial charge in [-0.05, 0) is 24.5 Å². The molecule has 0 N–H and O–H groups in total. The van der Waals surface area contributed by atoms with E-state index in [9.17, 15) is 8.78 Å². The molecule has 1 aromatic carbocycles. The Kier molecular flexibility index (Phi) is 2.99. The zero-order valence-corrected chi connectivity index (χ0v) is 9.79. The predicted molar refractivity (Wildman–Crippen MR) is 58.4 cm³/mol. The fourth-order valence-corrected chi connectivity index (χ4v) is 2.45. The summed E-state index contributed by atoms with van der Waals surface area (Å²) in [6.45, 7) is 0.950. The summed E-state index contributed by atoms with van der Waals surface area (Å²) in [6, 6.07) is 3.50. The maximum atomic E-state index is 12.7. The summed E-state index contributed by atoms with van der Waals surface area (Å²) in [5.41, 5.74) is 2.27. The van der Waals surface area contributed by atoms with Gasteiger partial charge in [-0.25, -0.2) is 8.78 Å². The second kappa shape index (κ2) is 4.11. The van der Waals surface area contributed by atoms with Crippen molar-refractivity contribution in [3.8, 4) is 0 Å². The van der Waals surface area contributed by atoms with Crippen LogP contribution in [0.2, 0.25) is 0 Å². The third-order valence-electron chi connectivity index (χ3n) is 2.87. The second-order valence-corrected chi connectivity index (χ2v) is 4.56. The Bertz CT molecular complexity index is 379. The van der Waals surface area contributed by atoms with Gasteiger partial charge < -0.3 is 4.90 Å². The minimum Gasteiger partial charge on any atom is -0.374 e. The highest BCUT2D eigenvalue weighted by atomic mass is 27.0. The van der Waals surface area contributed by atoms with Crippen LogP contribution in [0.25, 0.3) is 0 Å². The highest BCUT2D eigenvalue weighted by Gasteiger charge is 2.18. The van der Waals surface area contributed by atoms with Crippen molar-refractivity contribution in [1.29, 1.82) is 0 Å². The molecule has 1 heterocycles. The number of hydrogen-bond acceptors (Lipinski definition) is 1. The molecule has 0 saturated carbocycles. The lowest BCUT2D eigenvalue weighted by atomic mass is 10.00. The van der Waals surface area contributed by atoms with E-state index in [-0.39, 0.29) is 5.56 Å². The maximum absolute atomic E-state index is 12.7. The molecule has 15 heavy (non-hydrogen) atoms. The van der Waals surface area contributed by atoms with Gasteiger partial charge in [0.1, 0.15) is 0 Å². The van der Waals surface area contributed by atoms with Gasteiger partial charge in [-0.2, -0.15) is 0 Å². The van der Waals surface area contributed by atoms with E-state index in [0.717, 1.165) is 25.1 Å². The van der Waals surface area contributed by atoms with E-state index in [2.05, 4.69) is 21.2 Å². The van der Waals surface area contributed by atoms with E-state index in [1.54, 1.807) is 6.07 Å². The molecule has 0 aromatic heterocycles. The molecule has 0 amide bonds. The average Bonchev–Trinajstić information content (AvgIpc) is 2.16. The lowest BCUT2D eigenvalue weighted by molar-refractivity contribution is 0.152. The van der Waals surface area contributed by atoms with E-state index >= 15 is 0 Å². The van der Waals surface area contributed by atoms with Gasteiger partial charge in [-0.15, -0.1) is 4.43 Å². The monoisotopic (exact) mass is 223 g/mol. The van der Waals surface area contributed by atoms with Gasteiger partial charge in [-0.1, -0.05) is 6.07 Å². The summed E-state index contributed by atoms with van der Waals surface area (Å²) < 4.78 is 26.0. The smallest absolute Gasteiger partial charge is 0.262 e. The Balaban J connectivity index is 2.50. The van der Waals surface area contributed by atoms with Crippen molar-refractivity contribution in [2.24, 2.45) is 0 Å². The molecule has 1 aromatic rings. The Labute approximate surface area is 96.5 Å². The average molecular weight is 223 g/mol. The van der Waals surface area contributed by atoms with Crippen molar-refractivity contribution >= 4 is 26.4 Å². The number of anilines is 1. The number of nitrogens with zero attached hydrogens (tertiary/aromatic N) is 1. The van der Waals surface area contributed by atoms with Gasteiger partial charge in [0.25, 0.3) is 6.43 Å². The number of benzene rings is 1. The molecule has 1 aliphatic rings. The predicted octanol–water partition coefficient (Wildman–Crippen LogP) is 1.80. The number of aryl methyl sites for hydroxylation is 1. The van der Waals surface area contributed by atoms with Crippen molar-refractivity contribution in [1.82, 2.24) is 0 Å². The number of halogens is 2. The molecule has 0 fully saturated rings. The van der Waals surface area contributed by atoms with E-state index in [0.29, 0.717) is 4.43 Å². The van der Waals surface area contributed by atoms with Gasteiger partial charge in [0.2, 0.25) is 0 Å². The minimum atomic E-state index is -2.39. The fourth-order valence-electron chi connectivity index (χ4n) is 2.04. The largest absolute Gasteiger partial charge is 0.374 e. The highest BCUT2D eigenvalue weighted by molar-refractivity contribution is 6.33. The van der Waals surface area contributed by atoms with Gasteiger partial charge >= 0.3 is 0 Å². The zero-order chi connectivity index (χ0) is 11.0. The minimum absolute atomic E-state index is 0.132. The summed E-state index contributed by atoms with van der Waals surface area (Å²) >= 11 is 2.40. The first-order chi connectivity index (χ1) is 7.09. The van der Waals surface area contributed by atoms with Crippen molar-refractivity contribution in [2.75, 3.05) is 18.5 Å². The molecule has 1 nitrogen and oxygen atoms in total. The number of rotatable bonds is 1. The lowest BCUT2D eigenvalue weighted by Gasteiger charge is -2.29. The van der Waals surface area contributed by atoms with Crippen molar-refractivity contribution in [2.45, 2.75) is 19.3 Å². The van der Waals surface area contributed by atoms with E-state index in [1.165, 1.54) is 5.56 Å². The van der Waals surface area contributed by atoms with Crippen LogP contribution < -0.4 is 9.33 Å². The number of hydrogen-bond donors (Lipinski definition) is 0. The molecule has 0 spiro atoms. The summed E-state index contributed by atoms with van der Waals surface area (Å²) in [6.07, 6.45) is -0.301. The van der Waals surface area contributed by atoms with Crippen LogP contribution in [0, 0.1) is 0 Å². The molecular weight excluding hydrogens is 211 g/mol. The molecule has 0 atom stereocenters. The molecule has 4 heteroatoms. The van der Waals surface area contributed by atoms with E-state index < -0.39 is 6.43 Å². The fraction of sp³-hybridized carbons (Fsp3) is 0.455. The quantitative estimate of drug-likeness (QED) is 0.656. The Morgan fingerprint density at radius 1 is 1.40 bits per heavy atom. The summed E-state index contributed by atoms with van der Waals surface area (Å²) in [7, 11) is 1.95. The molecule has 78 valence electrons. The SMILES string of the molecule is CN1CCCc2c[c]([Al])c(C(F)F)cc21. The summed E-state index contributed by atoms with van der Waals surface area (Å²) in [4.78, 5) is 2.05. The summed E-state index contributed by atoms with van der Waals surface area (Å²) in [5, 5.41) is 0. The highest BCUT2D eigenvalue weighted by Crippen LogP contribution is 2.29. The van der Waals surface area contributed by atoms with Crippen LogP contribution in [0.15, 0.2) is 12.1 Å². The molecule has 0 saturated heterocycles. The molecule has 0 bridgehead atoms. The van der Waals surface area contributed by atoms with Crippen molar-refractivity contribution in [3.63, 3.8) is 0 Å². The van der Waals surface area contributed by atoms with E-state index in [4.69, 9.17) is 0 Å². The second-order valence-electron chi connectivity index (χ2n) is 3.94. The van der Waals surface area contributed by atoms with Crippen LogP contribution in [0.4, 0.5) is 14.5 Å². The van der Waals surface area contributed by atoms with Gasteiger partial charge in [0.15, 0.2) is 16.3 Å². The normalized spacial score (nSPS) is 15.6. The van der Waals surface area contributed by atoms with Crippen LogP contribution in [-0.2, 0) is 6.42 Å². The van der Waals surface area contributed by atoms with Crippen LogP contribution in [0.1, 0.15) is 24.0 Å². The molecule has 0 aliphatic carbocycles. The third kappa shape index (κ3) is 2.02. The molecule has 2 rings (SSSR count). The Hall–Kier alpha value is -0.588. The van der Waals surface area contributed by atoms with Gasteiger partial charge in [0, 0.05) is 24.8 Å². The van der Waals surface area contributed by atoms with E-state index in [1.807, 2.05) is 13.1 Å². The standard InChI is InChI=1S/C11H12F2N.Al/c1-14-6-2-3-8-4-5-9(11(12)13)7-10(8)14;/h4,7,11H,2-3,6H2,1H3;. The van der Waals surface area contributed by atoms with Crippen LogP contribution in [-0.4, -0.2) is 29.9 Å². The molecule has 1 aliphatic heterocycles. The Morgan fingerprint density at radius 3 is 2.80 bits per heavy atom. The van der Waals surface area contributed by atoms with Gasteiger partial charge in [-0.3, -0.25) is 0 Å². The van der Waals surface area contributed by atoms with Gasteiger partial charge in [0.05, 0.1) is 0 Å². The first-order valence-electron chi connectivity index (χ1n) is 5.01. The first kappa shape index (κ1) is 10.9. The lowest BCUT2D eigenvalue weighted by Crippen LogP contribution is -2.27. The maximum Gasteiger partial charge on any atom is 0.262 e. The van der Waals surface area contributed by atoms with Crippen LogP contribution in [0.5, 0.6) is 0 Å². The summed E-state index contributed by atoms with van der Waals surface area (Å²) in [5.74, 6) is 0. The zero-order valence-electron chi connectivity index (χ0n) is 8.63. The Morgan fingerprint density at radius 2 is 2.13 bits per heavy atom. The molecule has 2 radical (unpaired) electrons. The topological polar surface area (TPSA) is 3.24 Å². The molecule has 0 unspecified atom stereocenters. The molecular formula is C11H12AlF2N.